The molecule has 1 N–H and O–H groups in total. The van der Waals surface area contributed by atoms with E-state index in [1.165, 1.54) is 17.7 Å². The zero-order chi connectivity index (χ0) is 11.3. The average Bonchev–Trinajstić information content (AvgIpc) is 2.26. The highest BCUT2D eigenvalue weighted by molar-refractivity contribution is 5.47. The minimum Gasteiger partial charge on any atom is -0.378 e. The second-order valence-corrected chi connectivity index (χ2v) is 4.17. The van der Waals surface area contributed by atoms with Crippen molar-refractivity contribution in [3.63, 3.8) is 0 Å². The van der Waals surface area contributed by atoms with E-state index in [0.717, 1.165) is 6.54 Å². The van der Waals surface area contributed by atoms with E-state index in [9.17, 15) is 0 Å². The summed E-state index contributed by atoms with van der Waals surface area (Å²) in [6.07, 6.45) is 1.18. The molecule has 0 aromatic heterocycles. The van der Waals surface area contributed by atoms with Gasteiger partial charge in [-0.2, -0.15) is 0 Å². The quantitative estimate of drug-likeness (QED) is 0.797. The van der Waals surface area contributed by atoms with Gasteiger partial charge in [-0.25, -0.2) is 0 Å². The third-order valence-corrected chi connectivity index (χ3v) is 2.59. The molecule has 1 atom stereocenters. The molecule has 0 radical (unpaired) electrons. The van der Waals surface area contributed by atoms with Gasteiger partial charge in [-0.15, -0.1) is 0 Å². The van der Waals surface area contributed by atoms with Crippen LogP contribution in [0.4, 0.5) is 5.69 Å². The van der Waals surface area contributed by atoms with Gasteiger partial charge in [0.2, 0.25) is 0 Å². The van der Waals surface area contributed by atoms with E-state index >= 15 is 0 Å². The molecule has 0 aliphatic rings. The maximum absolute atomic E-state index is 3.50. The first-order valence-electron chi connectivity index (χ1n) is 5.65. The molecule has 1 aromatic rings. The Morgan fingerprint density at radius 3 is 2.67 bits per heavy atom. The van der Waals surface area contributed by atoms with Crippen LogP contribution in [-0.4, -0.2) is 20.6 Å². The summed E-state index contributed by atoms with van der Waals surface area (Å²) in [4.78, 5) is 2.13. The van der Waals surface area contributed by atoms with Crippen molar-refractivity contribution in [3.8, 4) is 0 Å². The van der Waals surface area contributed by atoms with Crippen molar-refractivity contribution in [2.45, 2.75) is 26.3 Å². The molecule has 0 aliphatic carbocycles. The lowest BCUT2D eigenvalue weighted by atomic mass is 10.1. The van der Waals surface area contributed by atoms with Crippen LogP contribution in [0.1, 0.15) is 31.9 Å². The smallest absolute Gasteiger partial charge is 0.0364 e. The van der Waals surface area contributed by atoms with E-state index < -0.39 is 0 Å². The molecule has 15 heavy (non-hydrogen) atoms. The highest BCUT2D eigenvalue weighted by Crippen LogP contribution is 2.18. The Morgan fingerprint density at radius 2 is 2.07 bits per heavy atom. The molecule has 0 amide bonds. The summed E-state index contributed by atoms with van der Waals surface area (Å²) < 4.78 is 0. The Bertz CT molecular complexity index is 294. The highest BCUT2D eigenvalue weighted by Gasteiger charge is 2.04. The summed E-state index contributed by atoms with van der Waals surface area (Å²) in [6.45, 7) is 5.48. The SMILES string of the molecule is CCCNC(C)c1cccc(N(C)C)c1. The van der Waals surface area contributed by atoms with E-state index in [-0.39, 0.29) is 0 Å². The molecular weight excluding hydrogens is 184 g/mol. The maximum atomic E-state index is 3.50. The van der Waals surface area contributed by atoms with Crippen LogP contribution in [0, 0.1) is 0 Å². The second-order valence-electron chi connectivity index (χ2n) is 4.17. The Labute approximate surface area is 93.3 Å². The van der Waals surface area contributed by atoms with Crippen LogP contribution in [0.3, 0.4) is 0 Å². The number of rotatable bonds is 5. The summed E-state index contributed by atoms with van der Waals surface area (Å²) in [5.41, 5.74) is 2.62. The Hall–Kier alpha value is -1.02. The number of hydrogen-bond donors (Lipinski definition) is 1. The van der Waals surface area contributed by atoms with Crippen LogP contribution in [-0.2, 0) is 0 Å². The van der Waals surface area contributed by atoms with Crippen molar-refractivity contribution in [3.05, 3.63) is 29.8 Å². The van der Waals surface area contributed by atoms with Crippen molar-refractivity contribution in [2.75, 3.05) is 25.5 Å². The summed E-state index contributed by atoms with van der Waals surface area (Å²) >= 11 is 0. The first-order valence-corrected chi connectivity index (χ1v) is 5.65. The fourth-order valence-corrected chi connectivity index (χ4v) is 1.55. The minimum absolute atomic E-state index is 0.435. The molecule has 2 heteroatoms. The Kier molecular flexibility index (Phi) is 4.63. The molecule has 0 saturated carbocycles. The van der Waals surface area contributed by atoms with Gasteiger partial charge in [0.05, 0.1) is 0 Å². The van der Waals surface area contributed by atoms with E-state index in [1.54, 1.807) is 0 Å². The van der Waals surface area contributed by atoms with Crippen molar-refractivity contribution in [2.24, 2.45) is 0 Å². The van der Waals surface area contributed by atoms with Crippen molar-refractivity contribution >= 4 is 5.69 Å². The summed E-state index contributed by atoms with van der Waals surface area (Å²) in [5.74, 6) is 0. The van der Waals surface area contributed by atoms with Gasteiger partial charge in [-0.05, 0) is 37.6 Å². The van der Waals surface area contributed by atoms with Gasteiger partial charge >= 0.3 is 0 Å². The molecule has 0 heterocycles. The van der Waals surface area contributed by atoms with Gasteiger partial charge in [0.1, 0.15) is 0 Å². The van der Waals surface area contributed by atoms with Crippen LogP contribution in [0.5, 0.6) is 0 Å². The first-order chi connectivity index (χ1) is 7.15. The fourth-order valence-electron chi connectivity index (χ4n) is 1.55. The molecule has 0 bridgehead atoms. The van der Waals surface area contributed by atoms with E-state index in [0.29, 0.717) is 6.04 Å². The number of nitrogens with zero attached hydrogens (tertiary/aromatic N) is 1. The zero-order valence-electron chi connectivity index (χ0n) is 10.2. The number of benzene rings is 1. The van der Waals surface area contributed by atoms with E-state index in [2.05, 4.69) is 62.4 Å². The van der Waals surface area contributed by atoms with Gasteiger partial charge < -0.3 is 10.2 Å². The number of hydrogen-bond acceptors (Lipinski definition) is 2. The summed E-state index contributed by atoms with van der Waals surface area (Å²) in [6, 6.07) is 9.11. The molecule has 1 unspecified atom stereocenters. The second kappa shape index (κ2) is 5.76. The summed E-state index contributed by atoms with van der Waals surface area (Å²) in [7, 11) is 4.15. The molecule has 84 valence electrons. The van der Waals surface area contributed by atoms with E-state index in [1.807, 2.05) is 0 Å². The van der Waals surface area contributed by atoms with Gasteiger partial charge in [-0.1, -0.05) is 19.1 Å². The average molecular weight is 206 g/mol. The monoisotopic (exact) mass is 206 g/mol. The largest absolute Gasteiger partial charge is 0.378 e. The molecular formula is C13H22N2. The molecule has 0 aliphatic heterocycles. The lowest BCUT2D eigenvalue weighted by Crippen LogP contribution is -2.19. The van der Waals surface area contributed by atoms with Crippen molar-refractivity contribution < 1.29 is 0 Å². The van der Waals surface area contributed by atoms with Gasteiger partial charge in [0.15, 0.2) is 0 Å². The molecule has 0 saturated heterocycles. The van der Waals surface area contributed by atoms with Crippen molar-refractivity contribution in [1.29, 1.82) is 0 Å². The predicted molar refractivity (Wildman–Crippen MR) is 67.5 cm³/mol. The first kappa shape index (κ1) is 12.1. The van der Waals surface area contributed by atoms with Gasteiger partial charge in [0, 0.05) is 25.8 Å². The molecule has 0 fully saturated rings. The van der Waals surface area contributed by atoms with Crippen LogP contribution in [0.25, 0.3) is 0 Å². The number of nitrogens with one attached hydrogen (secondary N) is 1. The Balaban J connectivity index is 2.71. The fraction of sp³-hybridized carbons (Fsp3) is 0.538. The van der Waals surface area contributed by atoms with Crippen molar-refractivity contribution in [1.82, 2.24) is 5.32 Å². The van der Waals surface area contributed by atoms with Gasteiger partial charge in [0.25, 0.3) is 0 Å². The zero-order valence-corrected chi connectivity index (χ0v) is 10.2. The molecule has 1 rings (SSSR count). The predicted octanol–water partition coefficient (Wildman–Crippen LogP) is 2.81. The highest BCUT2D eigenvalue weighted by atomic mass is 15.1. The summed E-state index contributed by atoms with van der Waals surface area (Å²) in [5, 5.41) is 3.50. The molecule has 1 aromatic carbocycles. The third kappa shape index (κ3) is 3.56. The normalized spacial score (nSPS) is 12.5. The standard InChI is InChI=1S/C13H22N2/c1-5-9-14-11(2)12-7-6-8-13(10-12)15(3)4/h6-8,10-11,14H,5,9H2,1-4H3. The van der Waals surface area contributed by atoms with Crippen LogP contribution < -0.4 is 10.2 Å². The Morgan fingerprint density at radius 1 is 1.33 bits per heavy atom. The van der Waals surface area contributed by atoms with Crippen LogP contribution in [0.15, 0.2) is 24.3 Å². The number of anilines is 1. The van der Waals surface area contributed by atoms with Crippen LogP contribution >= 0.6 is 0 Å². The molecule has 0 spiro atoms. The lowest BCUT2D eigenvalue weighted by Gasteiger charge is -2.17. The maximum Gasteiger partial charge on any atom is 0.0364 e. The van der Waals surface area contributed by atoms with Crippen LogP contribution in [0.2, 0.25) is 0 Å². The minimum atomic E-state index is 0.435. The third-order valence-electron chi connectivity index (χ3n) is 2.59. The van der Waals surface area contributed by atoms with Gasteiger partial charge in [-0.3, -0.25) is 0 Å². The lowest BCUT2D eigenvalue weighted by molar-refractivity contribution is 0.571. The van der Waals surface area contributed by atoms with E-state index in [4.69, 9.17) is 0 Å². The molecule has 2 nitrogen and oxygen atoms in total. The topological polar surface area (TPSA) is 15.3 Å².